The summed E-state index contributed by atoms with van der Waals surface area (Å²) >= 11 is 0. The van der Waals surface area contributed by atoms with Crippen LogP contribution >= 0.6 is 0 Å². The van der Waals surface area contributed by atoms with E-state index in [-0.39, 0.29) is 11.9 Å². The zero-order valence-corrected chi connectivity index (χ0v) is 11.0. The molecule has 0 aliphatic carbocycles. The summed E-state index contributed by atoms with van der Waals surface area (Å²) in [5, 5.41) is 0. The van der Waals surface area contributed by atoms with Crippen LogP contribution < -0.4 is 5.73 Å². The van der Waals surface area contributed by atoms with Crippen LogP contribution in [0.15, 0.2) is 24.3 Å². The highest BCUT2D eigenvalue weighted by molar-refractivity contribution is 5.20. The topological polar surface area (TPSA) is 29.3 Å². The van der Waals surface area contributed by atoms with Crippen molar-refractivity contribution in [1.29, 1.82) is 0 Å². The van der Waals surface area contributed by atoms with Crippen molar-refractivity contribution >= 4 is 0 Å². The van der Waals surface area contributed by atoms with Crippen LogP contribution in [-0.4, -0.2) is 25.0 Å². The lowest BCUT2D eigenvalue weighted by atomic mass is 10.0. The molecular weight excluding hydrogens is 215 g/mol. The average molecular weight is 238 g/mol. The molecular formula is C14H23FN2. The summed E-state index contributed by atoms with van der Waals surface area (Å²) in [6.07, 6.45) is 1.14. The monoisotopic (exact) mass is 238 g/mol. The standard InChI is InChI=1S/C14H23FN2/c1-4-11(2)10-17(3)14(9-16)12-6-5-7-13(15)8-12/h5-8,11,14H,4,9-10,16H2,1-3H3. The van der Waals surface area contributed by atoms with Crippen molar-refractivity contribution in [2.45, 2.75) is 26.3 Å². The van der Waals surface area contributed by atoms with Gasteiger partial charge in [-0.05, 0) is 30.7 Å². The molecule has 1 aromatic rings. The Labute approximate surface area is 104 Å². The highest BCUT2D eigenvalue weighted by Crippen LogP contribution is 2.20. The minimum absolute atomic E-state index is 0.0969. The fourth-order valence-corrected chi connectivity index (χ4v) is 2.03. The zero-order chi connectivity index (χ0) is 12.8. The molecule has 0 spiro atoms. The Bertz CT molecular complexity index is 341. The molecule has 0 heterocycles. The van der Waals surface area contributed by atoms with Gasteiger partial charge in [0.1, 0.15) is 5.82 Å². The normalized spacial score (nSPS) is 14.9. The number of benzene rings is 1. The Morgan fingerprint density at radius 2 is 2.12 bits per heavy atom. The molecule has 0 amide bonds. The van der Waals surface area contributed by atoms with Crippen LogP contribution in [0.5, 0.6) is 0 Å². The molecule has 2 unspecified atom stereocenters. The molecule has 2 nitrogen and oxygen atoms in total. The first-order valence-corrected chi connectivity index (χ1v) is 6.24. The second kappa shape index (κ2) is 6.72. The van der Waals surface area contributed by atoms with Gasteiger partial charge < -0.3 is 5.73 Å². The van der Waals surface area contributed by atoms with E-state index in [0.717, 1.165) is 18.5 Å². The van der Waals surface area contributed by atoms with E-state index in [4.69, 9.17) is 5.73 Å². The predicted octanol–water partition coefficient (Wildman–Crippen LogP) is 2.80. The fraction of sp³-hybridized carbons (Fsp3) is 0.571. The number of likely N-dealkylation sites (N-methyl/N-ethyl adjacent to an activating group) is 1. The molecule has 17 heavy (non-hydrogen) atoms. The van der Waals surface area contributed by atoms with Crippen LogP contribution in [0.1, 0.15) is 31.9 Å². The van der Waals surface area contributed by atoms with Gasteiger partial charge in [0, 0.05) is 19.1 Å². The molecule has 0 bridgehead atoms. The number of nitrogens with two attached hydrogens (primary N) is 1. The highest BCUT2D eigenvalue weighted by atomic mass is 19.1. The molecule has 0 aliphatic rings. The number of nitrogens with zero attached hydrogens (tertiary/aromatic N) is 1. The van der Waals surface area contributed by atoms with E-state index < -0.39 is 0 Å². The van der Waals surface area contributed by atoms with Gasteiger partial charge in [0.05, 0.1) is 0 Å². The lowest BCUT2D eigenvalue weighted by Crippen LogP contribution is -2.33. The average Bonchev–Trinajstić information content (AvgIpc) is 2.30. The molecule has 2 N–H and O–H groups in total. The van der Waals surface area contributed by atoms with Crippen molar-refractivity contribution in [2.75, 3.05) is 20.1 Å². The maximum Gasteiger partial charge on any atom is 0.123 e. The van der Waals surface area contributed by atoms with Crippen LogP contribution in [0.3, 0.4) is 0 Å². The van der Waals surface area contributed by atoms with Gasteiger partial charge >= 0.3 is 0 Å². The zero-order valence-electron chi connectivity index (χ0n) is 11.0. The van der Waals surface area contributed by atoms with E-state index in [1.54, 1.807) is 12.1 Å². The summed E-state index contributed by atoms with van der Waals surface area (Å²) in [5.74, 6) is 0.431. The molecule has 0 fully saturated rings. The summed E-state index contributed by atoms with van der Waals surface area (Å²) in [5.41, 5.74) is 6.77. The molecule has 0 saturated heterocycles. The van der Waals surface area contributed by atoms with Gasteiger partial charge in [0.25, 0.3) is 0 Å². The third-order valence-electron chi connectivity index (χ3n) is 3.29. The van der Waals surface area contributed by atoms with Crippen LogP contribution in [0, 0.1) is 11.7 Å². The van der Waals surface area contributed by atoms with E-state index in [1.807, 2.05) is 6.07 Å². The molecule has 96 valence electrons. The van der Waals surface area contributed by atoms with Crippen molar-refractivity contribution in [2.24, 2.45) is 11.7 Å². The minimum atomic E-state index is -0.196. The molecule has 0 saturated carbocycles. The van der Waals surface area contributed by atoms with Crippen molar-refractivity contribution in [3.8, 4) is 0 Å². The summed E-state index contributed by atoms with van der Waals surface area (Å²) in [4.78, 5) is 2.21. The Kier molecular flexibility index (Phi) is 5.59. The summed E-state index contributed by atoms with van der Waals surface area (Å²) in [7, 11) is 2.05. The molecule has 1 aromatic carbocycles. The lowest BCUT2D eigenvalue weighted by Gasteiger charge is -2.29. The molecule has 0 aromatic heterocycles. The van der Waals surface area contributed by atoms with Crippen LogP contribution in [0.2, 0.25) is 0 Å². The molecule has 0 aliphatic heterocycles. The first kappa shape index (κ1) is 14.1. The summed E-state index contributed by atoms with van der Waals surface area (Å²) in [6, 6.07) is 6.81. The van der Waals surface area contributed by atoms with Gasteiger partial charge in [0.2, 0.25) is 0 Å². The largest absolute Gasteiger partial charge is 0.329 e. The first-order chi connectivity index (χ1) is 8.08. The van der Waals surface area contributed by atoms with Crippen molar-refractivity contribution in [1.82, 2.24) is 4.90 Å². The second-order valence-corrected chi connectivity index (χ2v) is 4.76. The smallest absolute Gasteiger partial charge is 0.123 e. The van der Waals surface area contributed by atoms with Crippen molar-refractivity contribution in [3.05, 3.63) is 35.6 Å². The van der Waals surface area contributed by atoms with E-state index in [2.05, 4.69) is 25.8 Å². The first-order valence-electron chi connectivity index (χ1n) is 6.24. The van der Waals surface area contributed by atoms with Crippen LogP contribution in [-0.2, 0) is 0 Å². The van der Waals surface area contributed by atoms with Gasteiger partial charge in [0.15, 0.2) is 0 Å². The van der Waals surface area contributed by atoms with E-state index >= 15 is 0 Å². The molecule has 0 radical (unpaired) electrons. The molecule has 1 rings (SSSR count). The Morgan fingerprint density at radius 1 is 1.41 bits per heavy atom. The Hall–Kier alpha value is -0.930. The van der Waals surface area contributed by atoms with Gasteiger partial charge in [-0.2, -0.15) is 0 Å². The van der Waals surface area contributed by atoms with Crippen molar-refractivity contribution < 1.29 is 4.39 Å². The Balaban J connectivity index is 2.77. The van der Waals surface area contributed by atoms with Crippen molar-refractivity contribution in [3.63, 3.8) is 0 Å². The maximum absolute atomic E-state index is 13.2. The Morgan fingerprint density at radius 3 is 2.65 bits per heavy atom. The number of halogens is 1. The lowest BCUT2D eigenvalue weighted by molar-refractivity contribution is 0.215. The van der Waals surface area contributed by atoms with Gasteiger partial charge in [-0.1, -0.05) is 32.4 Å². The third-order valence-corrected chi connectivity index (χ3v) is 3.29. The number of rotatable bonds is 6. The van der Waals surface area contributed by atoms with E-state index in [0.29, 0.717) is 12.5 Å². The summed E-state index contributed by atoms with van der Waals surface area (Å²) in [6.45, 7) is 5.89. The van der Waals surface area contributed by atoms with E-state index in [1.165, 1.54) is 6.07 Å². The minimum Gasteiger partial charge on any atom is -0.329 e. The summed E-state index contributed by atoms with van der Waals surface area (Å²) < 4.78 is 13.2. The van der Waals surface area contributed by atoms with Gasteiger partial charge in [-0.15, -0.1) is 0 Å². The third kappa shape index (κ3) is 4.10. The molecule has 2 atom stereocenters. The highest BCUT2D eigenvalue weighted by Gasteiger charge is 2.17. The maximum atomic E-state index is 13.2. The molecule has 3 heteroatoms. The number of hydrogen-bond donors (Lipinski definition) is 1. The van der Waals surface area contributed by atoms with Crippen LogP contribution in [0.25, 0.3) is 0 Å². The second-order valence-electron chi connectivity index (χ2n) is 4.76. The van der Waals surface area contributed by atoms with Gasteiger partial charge in [-0.25, -0.2) is 4.39 Å². The SMILES string of the molecule is CCC(C)CN(C)C(CN)c1cccc(F)c1. The van der Waals surface area contributed by atoms with Crippen LogP contribution in [0.4, 0.5) is 4.39 Å². The number of hydrogen-bond acceptors (Lipinski definition) is 2. The van der Waals surface area contributed by atoms with Gasteiger partial charge in [-0.3, -0.25) is 4.90 Å². The quantitative estimate of drug-likeness (QED) is 0.825. The van der Waals surface area contributed by atoms with E-state index in [9.17, 15) is 4.39 Å². The fourth-order valence-electron chi connectivity index (χ4n) is 2.03. The predicted molar refractivity (Wildman–Crippen MR) is 70.3 cm³/mol.